The molecule has 0 heterocycles. The molecule has 3 nitrogen and oxygen atoms in total. The van der Waals surface area contributed by atoms with Gasteiger partial charge in [0.15, 0.2) is 0 Å². The molecule has 0 unspecified atom stereocenters. The highest BCUT2D eigenvalue weighted by Crippen LogP contribution is 2.07. The van der Waals surface area contributed by atoms with Crippen LogP contribution in [0.1, 0.15) is 26.7 Å². The normalized spacial score (nSPS) is 10.0. The van der Waals surface area contributed by atoms with E-state index in [2.05, 4.69) is 18.6 Å². The van der Waals surface area contributed by atoms with Crippen molar-refractivity contribution in [1.82, 2.24) is 0 Å². The Labute approximate surface area is 86.9 Å². The van der Waals surface area contributed by atoms with E-state index < -0.39 is 6.16 Å². The van der Waals surface area contributed by atoms with Crippen LogP contribution >= 0.6 is 22.6 Å². The minimum Gasteiger partial charge on any atom is -0.434 e. The van der Waals surface area contributed by atoms with E-state index in [4.69, 9.17) is 4.74 Å². The summed E-state index contributed by atoms with van der Waals surface area (Å²) >= 11 is 1.96. The second kappa shape index (κ2) is 7.64. The molecule has 12 heavy (non-hydrogen) atoms. The lowest BCUT2D eigenvalue weighted by Crippen LogP contribution is -2.13. The van der Waals surface area contributed by atoms with Crippen molar-refractivity contribution in [2.45, 2.75) is 26.7 Å². The van der Waals surface area contributed by atoms with Crippen LogP contribution in [0.2, 0.25) is 0 Å². The van der Waals surface area contributed by atoms with E-state index in [9.17, 15) is 4.79 Å². The maximum atomic E-state index is 10.7. The fourth-order valence-electron chi connectivity index (χ4n) is 0.796. The van der Waals surface area contributed by atoms with Gasteiger partial charge >= 0.3 is 6.16 Å². The van der Waals surface area contributed by atoms with Crippen LogP contribution in [0.4, 0.5) is 4.79 Å². The standard InChI is InChI=1S/C8H15IO3/c1-3-7(4-2)5-11-8(10)12-6-9/h7H,3-6H2,1-2H3. The maximum Gasteiger partial charge on any atom is 0.509 e. The summed E-state index contributed by atoms with van der Waals surface area (Å²) in [5, 5.41) is 0. The summed E-state index contributed by atoms with van der Waals surface area (Å²) < 4.78 is 9.81. The molecule has 0 saturated carbocycles. The first-order valence-corrected chi connectivity index (χ1v) is 5.62. The predicted molar refractivity (Wildman–Crippen MR) is 55.4 cm³/mol. The average Bonchev–Trinajstić information content (AvgIpc) is 2.07. The Hall–Kier alpha value is 0. The fourth-order valence-corrected chi connectivity index (χ4v) is 1.05. The first-order valence-electron chi connectivity index (χ1n) is 4.10. The number of carbonyl (C=O) groups is 1. The molecule has 0 atom stereocenters. The Morgan fingerprint density at radius 2 is 1.92 bits per heavy atom. The maximum absolute atomic E-state index is 10.7. The Morgan fingerprint density at radius 1 is 1.33 bits per heavy atom. The molecular formula is C8H15IO3. The summed E-state index contributed by atoms with van der Waals surface area (Å²) in [7, 11) is 0. The molecule has 0 aliphatic rings. The van der Waals surface area contributed by atoms with Crippen molar-refractivity contribution in [3.63, 3.8) is 0 Å². The van der Waals surface area contributed by atoms with E-state index in [0.717, 1.165) is 12.8 Å². The van der Waals surface area contributed by atoms with E-state index in [-0.39, 0.29) is 0 Å². The number of hydrogen-bond donors (Lipinski definition) is 0. The molecule has 4 heteroatoms. The van der Waals surface area contributed by atoms with Crippen LogP contribution in [0.25, 0.3) is 0 Å². The van der Waals surface area contributed by atoms with Gasteiger partial charge in [0.25, 0.3) is 0 Å². The van der Waals surface area contributed by atoms with Crippen LogP contribution in [-0.4, -0.2) is 17.4 Å². The zero-order chi connectivity index (χ0) is 9.40. The Bertz CT molecular complexity index is 123. The zero-order valence-electron chi connectivity index (χ0n) is 7.51. The van der Waals surface area contributed by atoms with Gasteiger partial charge in [-0.3, -0.25) is 0 Å². The van der Waals surface area contributed by atoms with Gasteiger partial charge in [0, 0.05) is 0 Å². The number of ether oxygens (including phenoxy) is 2. The molecule has 0 bridgehead atoms. The summed E-state index contributed by atoms with van der Waals surface area (Å²) in [6.45, 7) is 4.64. The lowest BCUT2D eigenvalue weighted by atomic mass is 10.1. The van der Waals surface area contributed by atoms with Crippen molar-refractivity contribution in [1.29, 1.82) is 0 Å². The summed E-state index contributed by atoms with van der Waals surface area (Å²) in [5.74, 6) is 0.465. The lowest BCUT2D eigenvalue weighted by molar-refractivity contribution is 0.0571. The number of halogens is 1. The number of carbonyl (C=O) groups excluding carboxylic acids is 1. The SMILES string of the molecule is CCC(CC)COC(=O)OCI. The molecule has 0 radical (unpaired) electrons. The molecule has 0 amide bonds. The zero-order valence-corrected chi connectivity index (χ0v) is 9.67. The second-order valence-electron chi connectivity index (χ2n) is 2.50. The van der Waals surface area contributed by atoms with Crippen molar-refractivity contribution in [3.8, 4) is 0 Å². The molecule has 0 saturated heterocycles. The Kier molecular flexibility index (Phi) is 7.64. The van der Waals surface area contributed by atoms with Crippen molar-refractivity contribution in [3.05, 3.63) is 0 Å². The minimum absolute atomic E-state index is 0.347. The van der Waals surface area contributed by atoms with Crippen LogP contribution in [0.3, 0.4) is 0 Å². The third kappa shape index (κ3) is 5.62. The topological polar surface area (TPSA) is 35.5 Å². The van der Waals surface area contributed by atoms with Crippen molar-refractivity contribution >= 4 is 28.7 Å². The quantitative estimate of drug-likeness (QED) is 0.443. The highest BCUT2D eigenvalue weighted by molar-refractivity contribution is 14.1. The van der Waals surface area contributed by atoms with Crippen LogP contribution in [-0.2, 0) is 9.47 Å². The van der Waals surface area contributed by atoms with Gasteiger partial charge in [0.1, 0.15) is 4.61 Å². The van der Waals surface area contributed by atoms with E-state index in [0.29, 0.717) is 17.1 Å². The third-order valence-corrected chi connectivity index (χ3v) is 2.08. The second-order valence-corrected chi connectivity index (χ2v) is 3.12. The lowest BCUT2D eigenvalue weighted by Gasteiger charge is -2.11. The molecule has 0 aromatic rings. The summed E-state index contributed by atoms with van der Waals surface area (Å²) in [6.07, 6.45) is 1.51. The number of rotatable bonds is 5. The van der Waals surface area contributed by atoms with Crippen molar-refractivity contribution < 1.29 is 14.3 Å². The summed E-state index contributed by atoms with van der Waals surface area (Å²) in [5.41, 5.74) is 0. The number of alkyl halides is 1. The van der Waals surface area contributed by atoms with E-state index in [1.807, 2.05) is 22.6 Å². The van der Waals surface area contributed by atoms with Gasteiger partial charge in [-0.25, -0.2) is 4.79 Å². The van der Waals surface area contributed by atoms with E-state index in [1.54, 1.807) is 0 Å². The first kappa shape index (κ1) is 12.0. The molecule has 0 aromatic carbocycles. The van der Waals surface area contributed by atoms with Crippen LogP contribution < -0.4 is 0 Å². The summed E-state index contributed by atoms with van der Waals surface area (Å²) in [4.78, 5) is 10.7. The van der Waals surface area contributed by atoms with Gasteiger partial charge in [-0.2, -0.15) is 0 Å². The fraction of sp³-hybridized carbons (Fsp3) is 0.875. The van der Waals surface area contributed by atoms with Crippen molar-refractivity contribution in [2.24, 2.45) is 5.92 Å². The summed E-state index contributed by atoms with van der Waals surface area (Å²) in [6, 6.07) is 0. The molecule has 0 fully saturated rings. The Balaban J connectivity index is 3.44. The number of hydrogen-bond acceptors (Lipinski definition) is 3. The largest absolute Gasteiger partial charge is 0.509 e. The van der Waals surface area contributed by atoms with Gasteiger partial charge in [0.05, 0.1) is 6.61 Å². The van der Waals surface area contributed by atoms with Gasteiger partial charge in [-0.1, -0.05) is 26.7 Å². The minimum atomic E-state index is -0.559. The molecule has 0 rings (SSSR count). The van der Waals surface area contributed by atoms with E-state index >= 15 is 0 Å². The van der Waals surface area contributed by atoms with Crippen LogP contribution in [0, 0.1) is 5.92 Å². The van der Waals surface area contributed by atoms with E-state index in [1.165, 1.54) is 0 Å². The third-order valence-electron chi connectivity index (χ3n) is 1.76. The molecule has 0 aromatic heterocycles. The monoisotopic (exact) mass is 286 g/mol. The molecule has 0 aliphatic carbocycles. The highest BCUT2D eigenvalue weighted by atomic mass is 127. The van der Waals surface area contributed by atoms with Gasteiger partial charge in [-0.05, 0) is 28.5 Å². The predicted octanol–water partition coefficient (Wildman–Crippen LogP) is 2.97. The molecule has 72 valence electrons. The molecular weight excluding hydrogens is 271 g/mol. The van der Waals surface area contributed by atoms with Gasteiger partial charge in [0.2, 0.25) is 0 Å². The molecule has 0 aliphatic heterocycles. The smallest absolute Gasteiger partial charge is 0.434 e. The first-order chi connectivity index (χ1) is 5.74. The van der Waals surface area contributed by atoms with Gasteiger partial charge < -0.3 is 9.47 Å². The van der Waals surface area contributed by atoms with Crippen molar-refractivity contribution in [2.75, 3.05) is 11.2 Å². The van der Waals surface area contributed by atoms with Crippen LogP contribution in [0.15, 0.2) is 0 Å². The Morgan fingerprint density at radius 3 is 2.33 bits per heavy atom. The van der Waals surface area contributed by atoms with Gasteiger partial charge in [-0.15, -0.1) is 0 Å². The highest BCUT2D eigenvalue weighted by Gasteiger charge is 2.08. The average molecular weight is 286 g/mol. The van der Waals surface area contributed by atoms with Crippen LogP contribution in [0.5, 0.6) is 0 Å². The molecule has 0 N–H and O–H groups in total. The molecule has 0 spiro atoms.